The molecule has 0 aliphatic rings. The van der Waals surface area contributed by atoms with Gasteiger partial charge in [0.1, 0.15) is 11.2 Å². The molecule has 0 saturated carbocycles. The molecule has 4 heterocycles. The molecule has 0 spiro atoms. The van der Waals surface area contributed by atoms with Crippen LogP contribution in [0.5, 0.6) is 0 Å². The molecule has 0 aliphatic carbocycles. The number of hydrogen-bond donors (Lipinski definition) is 0. The molecular weight excluding hydrogens is 639 g/mol. The third kappa shape index (κ3) is 4.38. The minimum absolute atomic E-state index is 0.573. The standard InChI is InChI=1S/C46H27N5O/c1-2-10-32-29(9-1)25-38(34-12-4-3-11-33(32)34)46-49-44(48-45(50-46)30-19-22-37-39-27-47-24-23-42(39)52-43(37)26-30)28-17-20-31(21-18-28)51-40-15-7-5-13-35(40)36-14-6-8-16-41(36)51/h1-27H. The van der Waals surface area contributed by atoms with Gasteiger partial charge in [-0.05, 0) is 82.2 Å². The van der Waals surface area contributed by atoms with Gasteiger partial charge in [-0.1, -0.05) is 91.0 Å². The van der Waals surface area contributed by atoms with Crippen LogP contribution in [0, 0.1) is 0 Å². The Morgan fingerprint density at radius 1 is 0.423 bits per heavy atom. The number of para-hydroxylation sites is 2. The van der Waals surface area contributed by atoms with Crippen molar-refractivity contribution in [2.45, 2.75) is 0 Å². The van der Waals surface area contributed by atoms with Crippen molar-refractivity contribution in [3.8, 4) is 39.9 Å². The molecule has 4 aromatic heterocycles. The predicted molar refractivity (Wildman–Crippen MR) is 211 cm³/mol. The highest BCUT2D eigenvalue weighted by Gasteiger charge is 2.18. The van der Waals surface area contributed by atoms with Gasteiger partial charge in [0, 0.05) is 56.3 Å². The molecule has 242 valence electrons. The van der Waals surface area contributed by atoms with E-state index in [-0.39, 0.29) is 0 Å². The highest BCUT2D eigenvalue weighted by Crippen LogP contribution is 2.37. The zero-order valence-corrected chi connectivity index (χ0v) is 27.7. The molecule has 0 radical (unpaired) electrons. The molecule has 11 aromatic rings. The Hall–Kier alpha value is -7.18. The van der Waals surface area contributed by atoms with Crippen molar-refractivity contribution in [1.29, 1.82) is 0 Å². The molecule has 0 aliphatic heterocycles. The SMILES string of the molecule is c1ccc2c(c1)cc(-c1nc(-c3ccc(-n4c5ccccc5c5ccccc54)cc3)nc(-c3ccc4c(c3)oc3ccncc34)n1)c1ccccc12. The normalized spacial score (nSPS) is 11.8. The molecule has 0 atom stereocenters. The van der Waals surface area contributed by atoms with E-state index in [9.17, 15) is 0 Å². The van der Waals surface area contributed by atoms with Gasteiger partial charge in [-0.2, -0.15) is 0 Å². The van der Waals surface area contributed by atoms with Crippen LogP contribution in [-0.4, -0.2) is 24.5 Å². The van der Waals surface area contributed by atoms with E-state index in [2.05, 4.69) is 149 Å². The molecule has 0 N–H and O–H groups in total. The lowest BCUT2D eigenvalue weighted by atomic mass is 9.97. The van der Waals surface area contributed by atoms with E-state index in [1.54, 1.807) is 6.20 Å². The van der Waals surface area contributed by atoms with Crippen molar-refractivity contribution >= 4 is 65.3 Å². The second-order valence-corrected chi connectivity index (χ2v) is 13.1. The Bertz CT molecular complexity index is 3140. The predicted octanol–water partition coefficient (Wildman–Crippen LogP) is 11.6. The smallest absolute Gasteiger partial charge is 0.164 e. The van der Waals surface area contributed by atoms with Crippen LogP contribution in [0.3, 0.4) is 0 Å². The van der Waals surface area contributed by atoms with Crippen LogP contribution in [0.1, 0.15) is 0 Å². The average molecular weight is 666 g/mol. The maximum Gasteiger partial charge on any atom is 0.164 e. The number of nitrogens with zero attached hydrogens (tertiary/aromatic N) is 5. The molecule has 0 fully saturated rings. The molecule has 6 heteroatoms. The van der Waals surface area contributed by atoms with Crippen molar-refractivity contribution in [2.24, 2.45) is 0 Å². The van der Waals surface area contributed by atoms with Gasteiger partial charge >= 0.3 is 0 Å². The first kappa shape index (κ1) is 28.6. The highest BCUT2D eigenvalue weighted by molar-refractivity contribution is 6.13. The van der Waals surface area contributed by atoms with Gasteiger partial charge in [0.15, 0.2) is 17.5 Å². The number of hydrogen-bond acceptors (Lipinski definition) is 5. The summed E-state index contributed by atoms with van der Waals surface area (Å²) < 4.78 is 8.56. The number of aromatic nitrogens is 5. The van der Waals surface area contributed by atoms with Gasteiger partial charge in [-0.3, -0.25) is 4.98 Å². The van der Waals surface area contributed by atoms with Gasteiger partial charge in [0.05, 0.1) is 11.0 Å². The molecule has 0 unspecified atom stereocenters. The maximum absolute atomic E-state index is 6.25. The summed E-state index contributed by atoms with van der Waals surface area (Å²) in [5.41, 5.74) is 7.66. The average Bonchev–Trinajstić information content (AvgIpc) is 3.76. The van der Waals surface area contributed by atoms with Crippen LogP contribution in [0.25, 0.3) is 105 Å². The summed E-state index contributed by atoms with van der Waals surface area (Å²) >= 11 is 0. The minimum atomic E-state index is 0.573. The summed E-state index contributed by atoms with van der Waals surface area (Å²) in [5.74, 6) is 1.78. The Morgan fingerprint density at radius 2 is 1.04 bits per heavy atom. The van der Waals surface area contributed by atoms with Gasteiger partial charge in [0.2, 0.25) is 0 Å². The third-order valence-electron chi connectivity index (χ3n) is 10.1. The third-order valence-corrected chi connectivity index (χ3v) is 10.1. The summed E-state index contributed by atoms with van der Waals surface area (Å²) in [5, 5.41) is 9.02. The Labute approximate surface area is 297 Å². The van der Waals surface area contributed by atoms with E-state index in [4.69, 9.17) is 19.4 Å². The van der Waals surface area contributed by atoms with Gasteiger partial charge in [0.25, 0.3) is 0 Å². The summed E-state index contributed by atoms with van der Waals surface area (Å²) in [6.45, 7) is 0. The zero-order valence-electron chi connectivity index (χ0n) is 27.7. The molecule has 7 aromatic carbocycles. The minimum Gasteiger partial charge on any atom is -0.456 e. The van der Waals surface area contributed by atoms with E-state index in [0.29, 0.717) is 17.5 Å². The quantitative estimate of drug-likeness (QED) is 0.175. The molecule has 6 nitrogen and oxygen atoms in total. The Morgan fingerprint density at radius 3 is 1.81 bits per heavy atom. The van der Waals surface area contributed by atoms with Crippen LogP contribution in [0.15, 0.2) is 168 Å². The molecule has 0 amide bonds. The van der Waals surface area contributed by atoms with Crippen molar-refractivity contribution in [1.82, 2.24) is 24.5 Å². The first-order chi connectivity index (χ1) is 25.8. The molecule has 52 heavy (non-hydrogen) atoms. The fourth-order valence-corrected chi connectivity index (χ4v) is 7.71. The van der Waals surface area contributed by atoms with Gasteiger partial charge in [-0.15, -0.1) is 0 Å². The van der Waals surface area contributed by atoms with Crippen molar-refractivity contribution < 1.29 is 4.42 Å². The largest absolute Gasteiger partial charge is 0.456 e. The summed E-state index contributed by atoms with van der Waals surface area (Å²) in [6, 6.07) is 52.8. The lowest BCUT2D eigenvalue weighted by molar-refractivity contribution is 0.668. The number of pyridine rings is 1. The maximum atomic E-state index is 6.25. The molecule has 0 bridgehead atoms. The lowest BCUT2D eigenvalue weighted by Crippen LogP contribution is -2.01. The summed E-state index contributed by atoms with van der Waals surface area (Å²) in [7, 11) is 0. The second kappa shape index (κ2) is 11.2. The molecule has 11 rings (SSSR count). The first-order valence-corrected chi connectivity index (χ1v) is 17.3. The van der Waals surface area contributed by atoms with E-state index in [1.165, 1.54) is 27.2 Å². The fourth-order valence-electron chi connectivity index (χ4n) is 7.71. The monoisotopic (exact) mass is 665 g/mol. The van der Waals surface area contributed by atoms with E-state index in [0.717, 1.165) is 60.5 Å². The topological polar surface area (TPSA) is 69.6 Å². The van der Waals surface area contributed by atoms with Crippen LogP contribution in [0.4, 0.5) is 0 Å². The van der Waals surface area contributed by atoms with E-state index < -0.39 is 0 Å². The lowest BCUT2D eigenvalue weighted by Gasteiger charge is -2.13. The molecule has 0 saturated heterocycles. The van der Waals surface area contributed by atoms with E-state index in [1.807, 2.05) is 18.3 Å². The van der Waals surface area contributed by atoms with Crippen molar-refractivity contribution in [3.63, 3.8) is 0 Å². The molecular formula is C46H27N5O. The Balaban J connectivity index is 1.12. The van der Waals surface area contributed by atoms with Gasteiger partial charge < -0.3 is 8.98 Å². The van der Waals surface area contributed by atoms with Crippen LogP contribution in [0.2, 0.25) is 0 Å². The van der Waals surface area contributed by atoms with Crippen molar-refractivity contribution in [2.75, 3.05) is 0 Å². The fraction of sp³-hybridized carbons (Fsp3) is 0. The van der Waals surface area contributed by atoms with Crippen LogP contribution < -0.4 is 0 Å². The second-order valence-electron chi connectivity index (χ2n) is 13.1. The summed E-state index contributed by atoms with van der Waals surface area (Å²) in [4.78, 5) is 19.8. The zero-order chi connectivity index (χ0) is 34.2. The van der Waals surface area contributed by atoms with Gasteiger partial charge in [-0.25, -0.2) is 15.0 Å². The number of furan rings is 1. The number of fused-ring (bicyclic) bond motifs is 9. The Kier molecular flexibility index (Phi) is 6.15. The first-order valence-electron chi connectivity index (χ1n) is 17.3. The number of benzene rings is 7. The van der Waals surface area contributed by atoms with Crippen LogP contribution >= 0.6 is 0 Å². The summed E-state index contributed by atoms with van der Waals surface area (Å²) in [6.07, 6.45) is 3.59. The van der Waals surface area contributed by atoms with Crippen molar-refractivity contribution in [3.05, 3.63) is 164 Å². The van der Waals surface area contributed by atoms with E-state index >= 15 is 0 Å². The highest BCUT2D eigenvalue weighted by atomic mass is 16.3. The number of rotatable bonds is 4. The van der Waals surface area contributed by atoms with Crippen LogP contribution in [-0.2, 0) is 0 Å².